The molecule has 0 unspecified atom stereocenters. The third-order valence-electron chi connectivity index (χ3n) is 3.21. The van der Waals surface area contributed by atoms with Crippen LogP contribution in [0.15, 0.2) is 36.4 Å². The molecule has 4 rings (SSSR count). The number of rotatable bonds is 3. The fourth-order valence-electron chi connectivity index (χ4n) is 2.20. The van der Waals surface area contributed by atoms with Crippen molar-refractivity contribution in [3.8, 4) is 11.5 Å². The second-order valence-corrected chi connectivity index (χ2v) is 5.01. The Morgan fingerprint density at radius 2 is 2.05 bits per heavy atom. The lowest BCUT2D eigenvalue weighted by Gasteiger charge is -2.07. The minimum Gasteiger partial charge on any atom is -0.454 e. The maximum atomic E-state index is 5.38. The summed E-state index contributed by atoms with van der Waals surface area (Å²) < 4.78 is 19.2. The topological polar surface area (TPSA) is 56.3 Å². The first-order chi connectivity index (χ1) is 9.90. The number of hydrogen-bond acceptors (Lipinski definition) is 6. The zero-order valence-electron chi connectivity index (χ0n) is 10.5. The van der Waals surface area contributed by atoms with Gasteiger partial charge in [-0.1, -0.05) is 12.1 Å². The van der Waals surface area contributed by atoms with Crippen molar-refractivity contribution in [1.82, 2.24) is 8.75 Å². The quantitative estimate of drug-likeness (QED) is 0.801. The minimum atomic E-state index is 0.302. The molecule has 0 saturated carbocycles. The van der Waals surface area contributed by atoms with E-state index < -0.39 is 0 Å². The number of nitrogens with zero attached hydrogens (tertiary/aromatic N) is 2. The van der Waals surface area contributed by atoms with E-state index in [-0.39, 0.29) is 0 Å². The van der Waals surface area contributed by atoms with E-state index in [0.29, 0.717) is 13.3 Å². The first kappa shape index (κ1) is 11.5. The summed E-state index contributed by atoms with van der Waals surface area (Å²) in [7, 11) is 0. The Morgan fingerprint density at radius 1 is 1.10 bits per heavy atom. The van der Waals surface area contributed by atoms with Gasteiger partial charge in [-0.15, -0.1) is 0 Å². The molecule has 0 amide bonds. The van der Waals surface area contributed by atoms with Gasteiger partial charge in [0.05, 0.1) is 17.4 Å². The highest BCUT2D eigenvalue weighted by Crippen LogP contribution is 2.32. The second kappa shape index (κ2) is 4.64. The van der Waals surface area contributed by atoms with Crippen LogP contribution in [0, 0.1) is 0 Å². The van der Waals surface area contributed by atoms with Crippen LogP contribution in [-0.4, -0.2) is 15.5 Å². The van der Waals surface area contributed by atoms with E-state index >= 15 is 0 Å². The summed E-state index contributed by atoms with van der Waals surface area (Å²) in [5.41, 5.74) is 3.97. The maximum absolute atomic E-state index is 5.38. The summed E-state index contributed by atoms with van der Waals surface area (Å²) in [6, 6.07) is 11.9. The molecular formula is C14H11N3O2S. The van der Waals surface area contributed by atoms with Gasteiger partial charge in [-0.05, 0) is 29.8 Å². The average Bonchev–Trinajstić information content (AvgIpc) is 3.13. The third kappa shape index (κ3) is 1.94. The van der Waals surface area contributed by atoms with Gasteiger partial charge in [-0.3, -0.25) is 0 Å². The molecule has 100 valence electrons. The first-order valence-corrected chi connectivity index (χ1v) is 6.97. The van der Waals surface area contributed by atoms with E-state index in [9.17, 15) is 0 Å². The zero-order valence-corrected chi connectivity index (χ0v) is 11.3. The van der Waals surface area contributed by atoms with Crippen molar-refractivity contribution in [1.29, 1.82) is 0 Å². The van der Waals surface area contributed by atoms with E-state index in [1.54, 1.807) is 0 Å². The lowest BCUT2D eigenvalue weighted by atomic mass is 10.2. The molecule has 1 aliphatic heterocycles. The predicted molar refractivity (Wildman–Crippen MR) is 77.3 cm³/mol. The number of aromatic nitrogens is 2. The van der Waals surface area contributed by atoms with Gasteiger partial charge in [0, 0.05) is 6.54 Å². The number of hydrogen-bond donors (Lipinski definition) is 1. The van der Waals surface area contributed by atoms with E-state index in [4.69, 9.17) is 9.47 Å². The van der Waals surface area contributed by atoms with Crippen LogP contribution in [0.3, 0.4) is 0 Å². The third-order valence-corrected chi connectivity index (χ3v) is 3.75. The SMILES string of the molecule is c1cc(NCc2ccc3c(c2)OCO3)c2nsnc2c1. The molecule has 20 heavy (non-hydrogen) atoms. The molecule has 0 atom stereocenters. The summed E-state index contributed by atoms with van der Waals surface area (Å²) in [5, 5.41) is 3.39. The molecule has 5 nitrogen and oxygen atoms in total. The van der Waals surface area contributed by atoms with Gasteiger partial charge in [0.25, 0.3) is 0 Å². The number of anilines is 1. The molecule has 2 aromatic carbocycles. The van der Waals surface area contributed by atoms with Gasteiger partial charge in [0.1, 0.15) is 11.0 Å². The summed E-state index contributed by atoms with van der Waals surface area (Å²) >= 11 is 1.23. The minimum absolute atomic E-state index is 0.302. The van der Waals surface area contributed by atoms with Crippen molar-refractivity contribution in [3.63, 3.8) is 0 Å². The van der Waals surface area contributed by atoms with Crippen molar-refractivity contribution in [3.05, 3.63) is 42.0 Å². The van der Waals surface area contributed by atoms with Crippen molar-refractivity contribution in [2.75, 3.05) is 12.1 Å². The van der Waals surface area contributed by atoms with Gasteiger partial charge < -0.3 is 14.8 Å². The Morgan fingerprint density at radius 3 is 3.05 bits per heavy atom. The van der Waals surface area contributed by atoms with Crippen LogP contribution in [-0.2, 0) is 6.54 Å². The molecule has 0 aliphatic carbocycles. The van der Waals surface area contributed by atoms with Crippen LogP contribution in [0.5, 0.6) is 11.5 Å². The van der Waals surface area contributed by atoms with Gasteiger partial charge in [-0.25, -0.2) is 0 Å². The lowest BCUT2D eigenvalue weighted by Crippen LogP contribution is -1.99. The summed E-state index contributed by atoms with van der Waals surface area (Å²) in [5.74, 6) is 1.61. The van der Waals surface area contributed by atoms with Gasteiger partial charge in [-0.2, -0.15) is 8.75 Å². The van der Waals surface area contributed by atoms with Crippen LogP contribution >= 0.6 is 11.7 Å². The van der Waals surface area contributed by atoms with Gasteiger partial charge in [0.2, 0.25) is 6.79 Å². The van der Waals surface area contributed by atoms with Crippen LogP contribution in [0.25, 0.3) is 11.0 Å². The number of ether oxygens (including phenoxy) is 2. The van der Waals surface area contributed by atoms with E-state index in [0.717, 1.165) is 33.8 Å². The van der Waals surface area contributed by atoms with E-state index in [2.05, 4.69) is 14.1 Å². The van der Waals surface area contributed by atoms with Crippen LogP contribution in [0.4, 0.5) is 5.69 Å². The highest BCUT2D eigenvalue weighted by molar-refractivity contribution is 7.00. The van der Waals surface area contributed by atoms with Crippen molar-refractivity contribution in [2.24, 2.45) is 0 Å². The molecular weight excluding hydrogens is 274 g/mol. The number of nitrogens with one attached hydrogen (secondary N) is 1. The summed E-state index contributed by atoms with van der Waals surface area (Å²) in [6.07, 6.45) is 0. The Balaban J connectivity index is 1.57. The molecule has 1 aliphatic rings. The van der Waals surface area contributed by atoms with Crippen LogP contribution < -0.4 is 14.8 Å². The fraction of sp³-hybridized carbons (Fsp3) is 0.143. The molecule has 0 radical (unpaired) electrons. The Kier molecular flexibility index (Phi) is 2.67. The lowest BCUT2D eigenvalue weighted by molar-refractivity contribution is 0.174. The van der Waals surface area contributed by atoms with Crippen LogP contribution in [0.1, 0.15) is 5.56 Å². The smallest absolute Gasteiger partial charge is 0.231 e. The number of fused-ring (bicyclic) bond motifs is 2. The Hall–Kier alpha value is -2.34. The second-order valence-electron chi connectivity index (χ2n) is 4.48. The zero-order chi connectivity index (χ0) is 13.4. The molecule has 1 N–H and O–H groups in total. The first-order valence-electron chi connectivity index (χ1n) is 6.24. The normalized spacial score (nSPS) is 12.8. The molecule has 2 heterocycles. The molecule has 3 aromatic rings. The van der Waals surface area contributed by atoms with E-state index in [1.807, 2.05) is 36.4 Å². The molecule has 6 heteroatoms. The molecule has 0 bridgehead atoms. The highest BCUT2D eigenvalue weighted by Gasteiger charge is 2.13. The summed E-state index contributed by atoms with van der Waals surface area (Å²) in [4.78, 5) is 0. The highest BCUT2D eigenvalue weighted by atomic mass is 32.1. The van der Waals surface area contributed by atoms with Crippen molar-refractivity contribution >= 4 is 28.4 Å². The molecule has 0 spiro atoms. The molecule has 1 aromatic heterocycles. The largest absolute Gasteiger partial charge is 0.454 e. The van der Waals surface area contributed by atoms with E-state index in [1.165, 1.54) is 11.7 Å². The molecule has 0 saturated heterocycles. The average molecular weight is 285 g/mol. The number of benzene rings is 2. The van der Waals surface area contributed by atoms with Gasteiger partial charge >= 0.3 is 0 Å². The maximum Gasteiger partial charge on any atom is 0.231 e. The van der Waals surface area contributed by atoms with Crippen molar-refractivity contribution in [2.45, 2.75) is 6.54 Å². The van der Waals surface area contributed by atoms with Gasteiger partial charge in [0.15, 0.2) is 11.5 Å². The Labute approximate surface area is 119 Å². The standard InChI is InChI=1S/C14H11N3O2S/c1-2-10(14-11(3-1)16-20-17-14)15-7-9-4-5-12-13(6-9)19-8-18-12/h1-6,15H,7-8H2. The molecule has 0 fully saturated rings. The van der Waals surface area contributed by atoms with Crippen LogP contribution in [0.2, 0.25) is 0 Å². The Bertz CT molecular complexity index is 772. The predicted octanol–water partition coefficient (Wildman–Crippen LogP) is 3.03. The monoisotopic (exact) mass is 285 g/mol. The summed E-state index contributed by atoms with van der Waals surface area (Å²) in [6.45, 7) is 1.00. The fourth-order valence-corrected chi connectivity index (χ4v) is 2.75. The van der Waals surface area contributed by atoms with Crippen molar-refractivity contribution < 1.29 is 9.47 Å².